The van der Waals surface area contributed by atoms with Gasteiger partial charge in [0.15, 0.2) is 12.4 Å². The molecule has 0 heterocycles. The molecule has 152 valence electrons. The van der Waals surface area contributed by atoms with Gasteiger partial charge in [0.2, 0.25) is 11.8 Å². The summed E-state index contributed by atoms with van der Waals surface area (Å²) in [7, 11) is 0. The summed E-state index contributed by atoms with van der Waals surface area (Å²) in [6, 6.07) is 13.2. The zero-order valence-electron chi connectivity index (χ0n) is 16.1. The summed E-state index contributed by atoms with van der Waals surface area (Å²) in [4.78, 5) is 47.3. The number of nitrogens with one attached hydrogen (secondary N) is 1. The zero-order chi connectivity index (χ0) is 21.4. The number of carbonyl (C=O) groups excluding carboxylic acids is 4. The summed E-state index contributed by atoms with van der Waals surface area (Å²) in [5.41, 5.74) is 6.66. The zero-order valence-corrected chi connectivity index (χ0v) is 17.0. The maximum Gasteiger partial charge on any atom is 0.339 e. The molecule has 0 bridgehead atoms. The fourth-order valence-electron chi connectivity index (χ4n) is 2.55. The summed E-state index contributed by atoms with van der Waals surface area (Å²) >= 11 is 1.13. The Hall–Kier alpha value is -3.13. The van der Waals surface area contributed by atoms with Crippen molar-refractivity contribution in [1.82, 2.24) is 5.32 Å². The van der Waals surface area contributed by atoms with Crippen LogP contribution in [0.4, 0.5) is 0 Å². The third-order valence-electron chi connectivity index (χ3n) is 3.96. The van der Waals surface area contributed by atoms with Crippen LogP contribution in [0.1, 0.15) is 46.2 Å². The van der Waals surface area contributed by atoms with Crippen LogP contribution in [0.25, 0.3) is 0 Å². The normalized spacial score (nSPS) is 11.4. The van der Waals surface area contributed by atoms with E-state index in [9.17, 15) is 19.2 Å². The molecule has 0 spiro atoms. The van der Waals surface area contributed by atoms with E-state index in [-0.39, 0.29) is 29.0 Å². The molecule has 2 aromatic rings. The third kappa shape index (κ3) is 6.76. The number of carbonyl (C=O) groups is 4. The van der Waals surface area contributed by atoms with Crippen LogP contribution in [0.2, 0.25) is 0 Å². The van der Waals surface area contributed by atoms with E-state index in [0.717, 1.165) is 17.3 Å². The minimum Gasteiger partial charge on any atom is -0.454 e. The molecule has 0 aliphatic rings. The highest BCUT2D eigenvalue weighted by Crippen LogP contribution is 2.23. The van der Waals surface area contributed by atoms with Gasteiger partial charge in [0.05, 0.1) is 17.4 Å². The molecular formula is C21H22N2O5S. The fraction of sp³-hybridized carbons (Fsp3) is 0.238. The predicted molar refractivity (Wildman–Crippen MR) is 110 cm³/mol. The van der Waals surface area contributed by atoms with Crippen molar-refractivity contribution in [2.45, 2.75) is 24.8 Å². The standard InChI is InChI=1S/C21H22N2O5S/c1-13(23-14(2)24)15-7-9-16(10-8-15)18(25)11-28-21(27)17-5-3-4-6-19(17)29-12-20(22)26/h3-10,13H,11-12H2,1-2H3,(H2,22,26)(H,23,24)/t13-/m0/s1. The van der Waals surface area contributed by atoms with Gasteiger partial charge in [0.1, 0.15) is 0 Å². The van der Waals surface area contributed by atoms with Crippen LogP contribution in [-0.2, 0) is 14.3 Å². The van der Waals surface area contributed by atoms with Crippen LogP contribution >= 0.6 is 11.8 Å². The van der Waals surface area contributed by atoms with Crippen LogP contribution in [0.3, 0.4) is 0 Å². The van der Waals surface area contributed by atoms with Gasteiger partial charge in [-0.3, -0.25) is 14.4 Å². The smallest absolute Gasteiger partial charge is 0.339 e. The Labute approximate surface area is 173 Å². The number of hydrogen-bond acceptors (Lipinski definition) is 6. The lowest BCUT2D eigenvalue weighted by Crippen LogP contribution is -2.23. The van der Waals surface area contributed by atoms with E-state index in [2.05, 4.69) is 5.32 Å². The van der Waals surface area contributed by atoms with Gasteiger partial charge in [-0.25, -0.2) is 4.79 Å². The molecule has 0 unspecified atom stereocenters. The predicted octanol–water partition coefficient (Wildman–Crippen LogP) is 2.50. The third-order valence-corrected chi connectivity index (χ3v) is 5.06. The second-order valence-electron chi connectivity index (χ2n) is 6.29. The van der Waals surface area contributed by atoms with Crippen LogP contribution in [-0.4, -0.2) is 35.9 Å². The molecule has 0 aliphatic heterocycles. The minimum absolute atomic E-state index is 0.0342. The minimum atomic E-state index is -0.651. The molecule has 0 aliphatic carbocycles. The molecule has 0 saturated carbocycles. The van der Waals surface area contributed by atoms with Gasteiger partial charge >= 0.3 is 5.97 Å². The molecular weight excluding hydrogens is 392 g/mol. The Morgan fingerprint density at radius 1 is 1.07 bits per heavy atom. The number of nitrogens with two attached hydrogens (primary N) is 1. The highest BCUT2D eigenvalue weighted by molar-refractivity contribution is 8.00. The molecule has 3 N–H and O–H groups in total. The molecule has 2 rings (SSSR count). The Kier molecular flexibility index (Phi) is 7.97. The lowest BCUT2D eigenvalue weighted by atomic mass is 10.0. The van der Waals surface area contributed by atoms with Gasteiger partial charge in [-0.05, 0) is 24.6 Å². The SMILES string of the molecule is CC(=O)N[C@@H](C)c1ccc(C(=O)COC(=O)c2ccccc2SCC(N)=O)cc1. The number of thioether (sulfide) groups is 1. The molecule has 2 amide bonds. The lowest BCUT2D eigenvalue weighted by Gasteiger charge is -2.13. The van der Waals surface area contributed by atoms with Crippen LogP contribution in [0.15, 0.2) is 53.4 Å². The first-order chi connectivity index (χ1) is 13.8. The summed E-state index contributed by atoms with van der Waals surface area (Å²) < 4.78 is 5.15. The molecule has 2 aromatic carbocycles. The Balaban J connectivity index is 1.98. The van der Waals surface area contributed by atoms with Crippen LogP contribution < -0.4 is 11.1 Å². The average molecular weight is 414 g/mol. The number of esters is 1. The molecule has 7 nitrogen and oxygen atoms in total. The van der Waals surface area contributed by atoms with E-state index in [4.69, 9.17) is 10.5 Å². The van der Waals surface area contributed by atoms with E-state index in [1.807, 2.05) is 6.92 Å². The lowest BCUT2D eigenvalue weighted by molar-refractivity contribution is -0.119. The van der Waals surface area contributed by atoms with Crippen LogP contribution in [0.5, 0.6) is 0 Å². The largest absolute Gasteiger partial charge is 0.454 e. The van der Waals surface area contributed by atoms with E-state index >= 15 is 0 Å². The van der Waals surface area contributed by atoms with Crippen molar-refractivity contribution < 1.29 is 23.9 Å². The summed E-state index contributed by atoms with van der Waals surface area (Å²) in [6.45, 7) is 2.87. The van der Waals surface area contributed by atoms with Gasteiger partial charge < -0.3 is 15.8 Å². The second kappa shape index (κ2) is 10.4. The number of Topliss-reactive ketones (excluding diaryl/α,β-unsaturated/α-hetero) is 1. The fourth-order valence-corrected chi connectivity index (χ4v) is 3.33. The van der Waals surface area contributed by atoms with Crippen LogP contribution in [0, 0.1) is 0 Å². The number of benzene rings is 2. The molecule has 29 heavy (non-hydrogen) atoms. The van der Waals surface area contributed by atoms with E-state index < -0.39 is 18.5 Å². The van der Waals surface area contributed by atoms with Crippen molar-refractivity contribution in [1.29, 1.82) is 0 Å². The average Bonchev–Trinajstić information content (AvgIpc) is 2.70. The van der Waals surface area contributed by atoms with E-state index in [0.29, 0.717) is 10.5 Å². The summed E-state index contributed by atoms with van der Waals surface area (Å²) in [5.74, 6) is -1.60. The van der Waals surface area contributed by atoms with Crippen molar-refractivity contribution in [2.75, 3.05) is 12.4 Å². The Morgan fingerprint density at radius 2 is 1.72 bits per heavy atom. The Morgan fingerprint density at radius 3 is 2.34 bits per heavy atom. The van der Waals surface area contributed by atoms with Crippen molar-refractivity contribution in [3.8, 4) is 0 Å². The number of rotatable bonds is 9. The van der Waals surface area contributed by atoms with Crippen molar-refractivity contribution >= 4 is 35.3 Å². The van der Waals surface area contributed by atoms with Gasteiger partial charge in [-0.15, -0.1) is 11.8 Å². The maximum absolute atomic E-state index is 12.3. The first kappa shape index (κ1) is 22.2. The quantitative estimate of drug-likeness (QED) is 0.370. The van der Waals surface area contributed by atoms with Gasteiger partial charge in [-0.2, -0.15) is 0 Å². The van der Waals surface area contributed by atoms with Gasteiger partial charge in [0, 0.05) is 17.4 Å². The Bertz CT molecular complexity index is 912. The number of amides is 2. The van der Waals surface area contributed by atoms with Gasteiger partial charge in [-0.1, -0.05) is 36.4 Å². The topological polar surface area (TPSA) is 116 Å². The van der Waals surface area contributed by atoms with Gasteiger partial charge in [0.25, 0.3) is 0 Å². The molecule has 0 radical (unpaired) electrons. The highest BCUT2D eigenvalue weighted by atomic mass is 32.2. The summed E-state index contributed by atoms with van der Waals surface area (Å²) in [5, 5.41) is 2.76. The second-order valence-corrected chi connectivity index (χ2v) is 7.31. The first-order valence-electron chi connectivity index (χ1n) is 8.85. The first-order valence-corrected chi connectivity index (χ1v) is 9.84. The van der Waals surface area contributed by atoms with Crippen molar-refractivity contribution in [2.24, 2.45) is 5.73 Å². The number of primary amides is 1. The maximum atomic E-state index is 12.3. The monoisotopic (exact) mass is 414 g/mol. The molecule has 0 fully saturated rings. The number of hydrogen-bond donors (Lipinski definition) is 2. The molecule has 0 saturated heterocycles. The number of ether oxygens (including phenoxy) is 1. The number of ketones is 1. The highest BCUT2D eigenvalue weighted by Gasteiger charge is 2.16. The molecule has 1 atom stereocenters. The van der Waals surface area contributed by atoms with E-state index in [1.165, 1.54) is 6.92 Å². The molecule has 0 aromatic heterocycles. The summed E-state index contributed by atoms with van der Waals surface area (Å²) in [6.07, 6.45) is 0. The molecule has 8 heteroatoms. The van der Waals surface area contributed by atoms with Crippen molar-refractivity contribution in [3.63, 3.8) is 0 Å². The van der Waals surface area contributed by atoms with E-state index in [1.54, 1.807) is 48.5 Å². The van der Waals surface area contributed by atoms with Crippen molar-refractivity contribution in [3.05, 3.63) is 65.2 Å².